The van der Waals surface area contributed by atoms with Crippen molar-refractivity contribution in [1.82, 2.24) is 19.7 Å². The fraction of sp³-hybridized carbons (Fsp3) is 0.417. The summed E-state index contributed by atoms with van der Waals surface area (Å²) in [6.07, 6.45) is 5.99. The minimum Gasteiger partial charge on any atom is -0.308 e. The molecule has 0 radical (unpaired) electrons. The molecule has 0 aliphatic heterocycles. The molecule has 2 aromatic heterocycles. The van der Waals surface area contributed by atoms with E-state index in [0.717, 1.165) is 29.9 Å². The van der Waals surface area contributed by atoms with Gasteiger partial charge in [0.2, 0.25) is 0 Å². The summed E-state index contributed by atoms with van der Waals surface area (Å²) in [6, 6.07) is 1.84. The Balaban J connectivity index is 2.09. The van der Waals surface area contributed by atoms with Crippen LogP contribution in [0.15, 0.2) is 18.5 Å². The van der Waals surface area contributed by atoms with Gasteiger partial charge in [0.15, 0.2) is 0 Å². The van der Waals surface area contributed by atoms with Crippen molar-refractivity contribution in [2.24, 2.45) is 12.9 Å². The standard InChI is InChI=1S/C12H16N6/c1-12(3-4-12)11-15-9(5-10(16-11)17-13)8-6-14-18(2)7-8/h5-7H,3-4,13H2,1-2H3,(H,15,16,17). The monoisotopic (exact) mass is 244 g/mol. The zero-order chi connectivity index (χ0) is 12.8. The third-order valence-electron chi connectivity index (χ3n) is 3.41. The van der Waals surface area contributed by atoms with Crippen LogP contribution in [-0.2, 0) is 12.5 Å². The molecule has 6 heteroatoms. The van der Waals surface area contributed by atoms with Crippen LogP contribution in [0.5, 0.6) is 0 Å². The van der Waals surface area contributed by atoms with Gasteiger partial charge in [-0.15, -0.1) is 0 Å². The molecule has 0 spiro atoms. The Morgan fingerprint density at radius 1 is 1.39 bits per heavy atom. The number of hydrogen-bond acceptors (Lipinski definition) is 5. The van der Waals surface area contributed by atoms with Crippen LogP contribution in [0.2, 0.25) is 0 Å². The highest BCUT2D eigenvalue weighted by molar-refractivity contribution is 5.61. The van der Waals surface area contributed by atoms with Gasteiger partial charge >= 0.3 is 0 Å². The predicted octanol–water partition coefficient (Wildman–Crippen LogP) is 1.21. The molecule has 0 unspecified atom stereocenters. The molecule has 1 saturated carbocycles. The summed E-state index contributed by atoms with van der Waals surface area (Å²) >= 11 is 0. The van der Waals surface area contributed by atoms with E-state index in [1.165, 1.54) is 0 Å². The number of hydrazine groups is 1. The Morgan fingerprint density at radius 2 is 2.17 bits per heavy atom. The first-order valence-corrected chi connectivity index (χ1v) is 5.96. The molecule has 0 atom stereocenters. The number of nitrogens with one attached hydrogen (secondary N) is 1. The number of nitrogens with zero attached hydrogens (tertiary/aromatic N) is 4. The summed E-state index contributed by atoms with van der Waals surface area (Å²) in [5.41, 5.74) is 4.55. The van der Waals surface area contributed by atoms with Crippen LogP contribution in [0.4, 0.5) is 5.82 Å². The average Bonchev–Trinajstić information content (AvgIpc) is 2.98. The van der Waals surface area contributed by atoms with Crippen LogP contribution in [0.1, 0.15) is 25.6 Å². The van der Waals surface area contributed by atoms with Crippen LogP contribution in [-0.4, -0.2) is 19.7 Å². The highest BCUT2D eigenvalue weighted by Crippen LogP contribution is 2.46. The normalized spacial score (nSPS) is 16.6. The molecule has 3 N–H and O–H groups in total. The second-order valence-corrected chi connectivity index (χ2v) is 5.07. The Kier molecular flexibility index (Phi) is 2.34. The number of aromatic nitrogens is 4. The Morgan fingerprint density at radius 3 is 2.72 bits per heavy atom. The topological polar surface area (TPSA) is 81.7 Å². The van der Waals surface area contributed by atoms with Gasteiger partial charge in [-0.3, -0.25) is 4.68 Å². The molecule has 0 amide bonds. The summed E-state index contributed by atoms with van der Waals surface area (Å²) in [6.45, 7) is 2.18. The minimum atomic E-state index is 0.115. The summed E-state index contributed by atoms with van der Waals surface area (Å²) in [5, 5.41) is 4.16. The van der Waals surface area contributed by atoms with Crippen LogP contribution in [0.25, 0.3) is 11.3 Å². The smallest absolute Gasteiger partial charge is 0.144 e. The van der Waals surface area contributed by atoms with E-state index in [1.807, 2.05) is 19.3 Å². The minimum absolute atomic E-state index is 0.115. The van der Waals surface area contributed by atoms with Gasteiger partial charge in [0.05, 0.1) is 11.9 Å². The second kappa shape index (κ2) is 3.78. The van der Waals surface area contributed by atoms with Crippen molar-refractivity contribution in [3.63, 3.8) is 0 Å². The lowest BCUT2D eigenvalue weighted by molar-refractivity contribution is 0.711. The van der Waals surface area contributed by atoms with Crippen molar-refractivity contribution >= 4 is 5.82 Å². The van der Waals surface area contributed by atoms with E-state index in [0.29, 0.717) is 5.82 Å². The maximum atomic E-state index is 5.47. The second-order valence-electron chi connectivity index (χ2n) is 5.07. The average molecular weight is 244 g/mol. The van der Waals surface area contributed by atoms with E-state index < -0.39 is 0 Å². The van der Waals surface area contributed by atoms with E-state index >= 15 is 0 Å². The molecule has 94 valence electrons. The summed E-state index contributed by atoms with van der Waals surface area (Å²) in [7, 11) is 1.88. The number of hydrogen-bond donors (Lipinski definition) is 2. The Labute approximate surface area is 105 Å². The van der Waals surface area contributed by atoms with E-state index in [-0.39, 0.29) is 5.41 Å². The van der Waals surface area contributed by atoms with E-state index in [2.05, 4.69) is 27.4 Å². The van der Waals surface area contributed by atoms with Crippen LogP contribution >= 0.6 is 0 Å². The molecule has 2 aromatic rings. The van der Waals surface area contributed by atoms with Gasteiger partial charge in [0, 0.05) is 30.3 Å². The van der Waals surface area contributed by atoms with Crippen molar-refractivity contribution in [1.29, 1.82) is 0 Å². The molecule has 18 heavy (non-hydrogen) atoms. The number of nitrogen functional groups attached to an aromatic ring is 1. The maximum absolute atomic E-state index is 5.47. The summed E-state index contributed by atoms with van der Waals surface area (Å²) in [4.78, 5) is 9.08. The zero-order valence-corrected chi connectivity index (χ0v) is 10.5. The highest BCUT2D eigenvalue weighted by atomic mass is 15.3. The lowest BCUT2D eigenvalue weighted by Gasteiger charge is -2.10. The first-order chi connectivity index (χ1) is 8.60. The molecule has 6 nitrogen and oxygen atoms in total. The molecule has 0 saturated heterocycles. The molecule has 1 fully saturated rings. The molecular weight excluding hydrogens is 228 g/mol. The SMILES string of the molecule is Cn1cc(-c2cc(NN)nc(C3(C)CC3)n2)cn1. The van der Waals surface area contributed by atoms with Crippen molar-refractivity contribution < 1.29 is 0 Å². The van der Waals surface area contributed by atoms with Crippen LogP contribution in [0.3, 0.4) is 0 Å². The van der Waals surface area contributed by atoms with E-state index in [9.17, 15) is 0 Å². The summed E-state index contributed by atoms with van der Waals surface area (Å²) < 4.78 is 1.76. The van der Waals surface area contributed by atoms with Gasteiger partial charge in [-0.25, -0.2) is 15.8 Å². The first kappa shape index (κ1) is 11.2. The van der Waals surface area contributed by atoms with Crippen LogP contribution in [0, 0.1) is 0 Å². The van der Waals surface area contributed by atoms with Crippen LogP contribution < -0.4 is 11.3 Å². The zero-order valence-electron chi connectivity index (χ0n) is 10.5. The van der Waals surface area contributed by atoms with Gasteiger partial charge in [-0.1, -0.05) is 6.92 Å². The van der Waals surface area contributed by atoms with Crippen molar-refractivity contribution in [2.45, 2.75) is 25.2 Å². The summed E-state index contributed by atoms with van der Waals surface area (Å²) in [5.74, 6) is 6.98. The third kappa shape index (κ3) is 1.84. The third-order valence-corrected chi connectivity index (χ3v) is 3.41. The fourth-order valence-corrected chi connectivity index (χ4v) is 1.90. The largest absolute Gasteiger partial charge is 0.308 e. The maximum Gasteiger partial charge on any atom is 0.144 e. The Bertz CT molecular complexity index is 584. The van der Waals surface area contributed by atoms with Crippen molar-refractivity contribution in [3.05, 3.63) is 24.3 Å². The van der Waals surface area contributed by atoms with Gasteiger partial charge in [0.25, 0.3) is 0 Å². The number of aryl methyl sites for hydroxylation is 1. The van der Waals surface area contributed by atoms with E-state index in [4.69, 9.17) is 5.84 Å². The van der Waals surface area contributed by atoms with Gasteiger partial charge in [-0.2, -0.15) is 5.10 Å². The molecule has 2 heterocycles. The van der Waals surface area contributed by atoms with Crippen molar-refractivity contribution in [3.8, 4) is 11.3 Å². The molecule has 1 aliphatic carbocycles. The lowest BCUT2D eigenvalue weighted by atomic mass is 10.1. The predicted molar refractivity (Wildman–Crippen MR) is 68.6 cm³/mol. The number of anilines is 1. The quantitative estimate of drug-likeness (QED) is 0.626. The first-order valence-electron chi connectivity index (χ1n) is 5.96. The van der Waals surface area contributed by atoms with Gasteiger partial charge in [0.1, 0.15) is 11.6 Å². The number of rotatable bonds is 3. The molecule has 3 rings (SSSR count). The molecule has 0 bridgehead atoms. The molecular formula is C12H16N6. The lowest BCUT2D eigenvalue weighted by Crippen LogP contribution is -2.14. The van der Waals surface area contributed by atoms with Gasteiger partial charge < -0.3 is 5.43 Å². The molecule has 0 aromatic carbocycles. The molecule has 1 aliphatic rings. The van der Waals surface area contributed by atoms with Gasteiger partial charge in [-0.05, 0) is 12.8 Å². The number of nitrogens with two attached hydrogens (primary N) is 1. The van der Waals surface area contributed by atoms with E-state index in [1.54, 1.807) is 10.9 Å². The fourth-order valence-electron chi connectivity index (χ4n) is 1.90. The Hall–Kier alpha value is -1.95. The van der Waals surface area contributed by atoms with Crippen molar-refractivity contribution in [2.75, 3.05) is 5.43 Å². The highest BCUT2D eigenvalue weighted by Gasteiger charge is 2.42.